The minimum Gasteiger partial charge on any atom is -0.462 e. The van der Waals surface area contributed by atoms with Gasteiger partial charge in [-0.1, -0.05) is 38.0 Å². The first-order chi connectivity index (χ1) is 14.0. The molecule has 0 bridgehead atoms. The van der Waals surface area contributed by atoms with Gasteiger partial charge in [0.25, 0.3) is 0 Å². The molecule has 5 nitrogen and oxygen atoms in total. The van der Waals surface area contributed by atoms with Gasteiger partial charge in [-0.25, -0.2) is 4.79 Å². The number of carbonyl (C=O) groups is 1. The van der Waals surface area contributed by atoms with E-state index < -0.39 is 6.16 Å². The molecule has 3 rings (SSSR count). The lowest BCUT2D eigenvalue weighted by atomic mass is 9.74. The highest BCUT2D eigenvalue weighted by Crippen LogP contribution is 2.51. The summed E-state index contributed by atoms with van der Waals surface area (Å²) in [7, 11) is 0. The SMILES string of the molecule is C=C1Oc2cc(CCCCC)cc(OCOC(=O)OCC)c2[C@@H]2C=C(C)CC[C@@H]12. The van der Waals surface area contributed by atoms with E-state index in [1.807, 2.05) is 0 Å². The number of ether oxygens (including phenoxy) is 4. The lowest BCUT2D eigenvalue weighted by Crippen LogP contribution is -2.26. The Morgan fingerprint density at radius 2 is 2.07 bits per heavy atom. The Balaban J connectivity index is 1.90. The second-order valence-electron chi connectivity index (χ2n) is 7.80. The van der Waals surface area contributed by atoms with Crippen LogP contribution in [-0.4, -0.2) is 19.6 Å². The predicted molar refractivity (Wildman–Crippen MR) is 112 cm³/mol. The van der Waals surface area contributed by atoms with E-state index in [4.69, 9.17) is 18.9 Å². The molecule has 0 N–H and O–H groups in total. The van der Waals surface area contributed by atoms with Crippen molar-refractivity contribution in [3.8, 4) is 11.5 Å². The first kappa shape index (κ1) is 21.3. The molecule has 0 radical (unpaired) electrons. The standard InChI is InChI=1S/C24H32O5/c1-5-7-8-9-18-13-21(27-15-28-24(25)26-6-2)23-20-12-16(3)10-11-19(20)17(4)29-22(23)14-18/h12-14,19-20H,4-11,15H2,1-3H3/t19-,20+/m0/s1. The zero-order valence-corrected chi connectivity index (χ0v) is 17.8. The fourth-order valence-electron chi connectivity index (χ4n) is 4.14. The normalized spacial score (nSPS) is 20.1. The van der Waals surface area contributed by atoms with Gasteiger partial charge in [0.15, 0.2) is 0 Å². The van der Waals surface area contributed by atoms with Gasteiger partial charge in [0.2, 0.25) is 6.79 Å². The molecule has 0 amide bonds. The van der Waals surface area contributed by atoms with E-state index in [1.54, 1.807) is 6.92 Å². The van der Waals surface area contributed by atoms with Crippen LogP contribution in [0.4, 0.5) is 4.79 Å². The average Bonchev–Trinajstić information content (AvgIpc) is 2.68. The number of unbranched alkanes of at least 4 members (excludes halogenated alkanes) is 2. The Bertz CT molecular complexity index is 780. The van der Waals surface area contributed by atoms with E-state index >= 15 is 0 Å². The molecular weight excluding hydrogens is 368 g/mol. The smallest absolute Gasteiger partial charge is 0.462 e. The molecule has 0 unspecified atom stereocenters. The van der Waals surface area contributed by atoms with Gasteiger partial charge < -0.3 is 18.9 Å². The van der Waals surface area contributed by atoms with E-state index in [0.717, 1.165) is 48.3 Å². The summed E-state index contributed by atoms with van der Waals surface area (Å²) in [5.74, 6) is 2.76. The van der Waals surface area contributed by atoms with E-state index in [-0.39, 0.29) is 25.2 Å². The lowest BCUT2D eigenvalue weighted by Gasteiger charge is -2.37. The van der Waals surface area contributed by atoms with Crippen molar-refractivity contribution in [2.45, 2.75) is 65.2 Å². The van der Waals surface area contributed by atoms with Crippen molar-refractivity contribution < 1.29 is 23.7 Å². The molecule has 1 aromatic rings. The van der Waals surface area contributed by atoms with E-state index in [0.29, 0.717) is 5.75 Å². The maximum atomic E-state index is 11.5. The van der Waals surface area contributed by atoms with Crippen molar-refractivity contribution in [2.24, 2.45) is 5.92 Å². The number of hydrogen-bond acceptors (Lipinski definition) is 5. The third-order valence-corrected chi connectivity index (χ3v) is 5.62. The summed E-state index contributed by atoms with van der Waals surface area (Å²) in [6.07, 6.45) is 8.06. The van der Waals surface area contributed by atoms with Crippen molar-refractivity contribution in [1.29, 1.82) is 0 Å². The van der Waals surface area contributed by atoms with Crippen LogP contribution in [0.5, 0.6) is 11.5 Å². The fourth-order valence-corrected chi connectivity index (χ4v) is 4.14. The van der Waals surface area contributed by atoms with Crippen LogP contribution in [-0.2, 0) is 15.9 Å². The molecule has 158 valence electrons. The van der Waals surface area contributed by atoms with Gasteiger partial charge in [-0.05, 0) is 57.2 Å². The first-order valence-corrected chi connectivity index (χ1v) is 10.7. The van der Waals surface area contributed by atoms with Crippen molar-refractivity contribution >= 4 is 6.16 Å². The van der Waals surface area contributed by atoms with Crippen LogP contribution < -0.4 is 9.47 Å². The van der Waals surface area contributed by atoms with E-state index in [1.165, 1.54) is 18.4 Å². The van der Waals surface area contributed by atoms with Crippen molar-refractivity contribution in [3.05, 3.63) is 47.2 Å². The summed E-state index contributed by atoms with van der Waals surface area (Å²) in [6.45, 7) is 10.4. The Kier molecular flexibility index (Phi) is 7.24. The second kappa shape index (κ2) is 9.86. The van der Waals surface area contributed by atoms with Gasteiger partial charge in [0.1, 0.15) is 17.3 Å². The number of benzene rings is 1. The zero-order chi connectivity index (χ0) is 20.8. The van der Waals surface area contributed by atoms with Gasteiger partial charge in [-0.15, -0.1) is 0 Å². The third-order valence-electron chi connectivity index (χ3n) is 5.62. The summed E-state index contributed by atoms with van der Waals surface area (Å²) in [5, 5.41) is 0. The Morgan fingerprint density at radius 1 is 1.24 bits per heavy atom. The summed E-state index contributed by atoms with van der Waals surface area (Å²) in [4.78, 5) is 11.5. The van der Waals surface area contributed by atoms with Crippen molar-refractivity contribution in [2.75, 3.05) is 13.4 Å². The molecule has 1 aromatic carbocycles. The topological polar surface area (TPSA) is 54.0 Å². The Hall–Kier alpha value is -2.43. The highest BCUT2D eigenvalue weighted by atomic mass is 16.8. The predicted octanol–water partition coefficient (Wildman–Crippen LogP) is 6.27. The second-order valence-corrected chi connectivity index (χ2v) is 7.80. The highest BCUT2D eigenvalue weighted by molar-refractivity contribution is 5.59. The molecule has 1 aliphatic carbocycles. The molecule has 0 aromatic heterocycles. The Morgan fingerprint density at radius 3 is 2.83 bits per heavy atom. The lowest BCUT2D eigenvalue weighted by molar-refractivity contribution is 0.00619. The fraction of sp³-hybridized carbons (Fsp3) is 0.542. The summed E-state index contributed by atoms with van der Waals surface area (Å²) in [5.41, 5.74) is 3.55. The number of fused-ring (bicyclic) bond motifs is 3. The van der Waals surface area contributed by atoms with Crippen LogP contribution in [0.15, 0.2) is 36.1 Å². The third kappa shape index (κ3) is 5.14. The molecule has 0 saturated heterocycles. The van der Waals surface area contributed by atoms with Gasteiger partial charge in [-0.3, -0.25) is 0 Å². The number of aryl methyl sites for hydroxylation is 1. The van der Waals surface area contributed by atoms with E-state index in [9.17, 15) is 4.79 Å². The first-order valence-electron chi connectivity index (χ1n) is 10.7. The molecule has 1 heterocycles. The maximum absolute atomic E-state index is 11.5. The molecular formula is C24H32O5. The average molecular weight is 401 g/mol. The summed E-state index contributed by atoms with van der Waals surface area (Å²) < 4.78 is 21.9. The molecule has 0 fully saturated rings. The quantitative estimate of drug-likeness (QED) is 0.223. The van der Waals surface area contributed by atoms with Crippen LogP contribution >= 0.6 is 0 Å². The number of hydrogen-bond donors (Lipinski definition) is 0. The van der Waals surface area contributed by atoms with E-state index in [2.05, 4.69) is 38.6 Å². The largest absolute Gasteiger partial charge is 0.511 e. The molecule has 0 spiro atoms. The van der Waals surface area contributed by atoms with Crippen LogP contribution in [0.1, 0.15) is 69.9 Å². The monoisotopic (exact) mass is 400 g/mol. The molecule has 29 heavy (non-hydrogen) atoms. The van der Waals surface area contributed by atoms with Gasteiger partial charge in [-0.2, -0.15) is 0 Å². The minimum atomic E-state index is -0.726. The number of carbonyl (C=O) groups excluding carboxylic acids is 1. The summed E-state index contributed by atoms with van der Waals surface area (Å²) >= 11 is 0. The molecule has 2 atom stereocenters. The van der Waals surface area contributed by atoms with Crippen molar-refractivity contribution in [1.82, 2.24) is 0 Å². The number of rotatable bonds is 8. The molecule has 5 heteroatoms. The number of allylic oxidation sites excluding steroid dienone is 3. The highest BCUT2D eigenvalue weighted by Gasteiger charge is 2.37. The Labute approximate surface area is 173 Å². The molecule has 2 aliphatic rings. The minimum absolute atomic E-state index is 0.169. The summed E-state index contributed by atoms with van der Waals surface area (Å²) in [6, 6.07) is 4.18. The van der Waals surface area contributed by atoms with Gasteiger partial charge in [0.05, 0.1) is 6.61 Å². The maximum Gasteiger partial charge on any atom is 0.511 e. The van der Waals surface area contributed by atoms with Crippen LogP contribution in [0.25, 0.3) is 0 Å². The molecule has 0 saturated carbocycles. The van der Waals surface area contributed by atoms with Crippen molar-refractivity contribution in [3.63, 3.8) is 0 Å². The van der Waals surface area contributed by atoms with Crippen LogP contribution in [0, 0.1) is 5.92 Å². The molecule has 1 aliphatic heterocycles. The van der Waals surface area contributed by atoms with Gasteiger partial charge in [0, 0.05) is 17.4 Å². The zero-order valence-electron chi connectivity index (χ0n) is 17.8. The van der Waals surface area contributed by atoms with Crippen LogP contribution in [0.3, 0.4) is 0 Å². The van der Waals surface area contributed by atoms with Gasteiger partial charge >= 0.3 is 6.16 Å². The van der Waals surface area contributed by atoms with Crippen LogP contribution in [0.2, 0.25) is 0 Å².